The molecule has 2 aromatic rings. The third kappa shape index (κ3) is 2.20. The van der Waals surface area contributed by atoms with Crippen LogP contribution in [0, 0.1) is 5.82 Å². The van der Waals surface area contributed by atoms with Gasteiger partial charge in [-0.2, -0.15) is 0 Å². The van der Waals surface area contributed by atoms with E-state index in [1.807, 2.05) is 6.92 Å². The molecule has 1 aromatic heterocycles. The molecule has 1 heterocycles. The highest BCUT2D eigenvalue weighted by Crippen LogP contribution is 2.24. The highest BCUT2D eigenvalue weighted by molar-refractivity contribution is 5.87. The molecule has 0 fully saturated rings. The van der Waals surface area contributed by atoms with E-state index in [4.69, 9.17) is 5.11 Å². The minimum absolute atomic E-state index is 0.154. The van der Waals surface area contributed by atoms with Crippen molar-refractivity contribution in [3.8, 4) is 11.3 Å². The van der Waals surface area contributed by atoms with Gasteiger partial charge < -0.3 is 10.1 Å². The zero-order chi connectivity index (χ0) is 12.4. The number of aromatic carboxylic acids is 1. The van der Waals surface area contributed by atoms with Crippen molar-refractivity contribution in [3.63, 3.8) is 0 Å². The van der Waals surface area contributed by atoms with Crippen LogP contribution in [0.3, 0.4) is 0 Å². The van der Waals surface area contributed by atoms with Crippen molar-refractivity contribution >= 4 is 5.97 Å². The Bertz CT molecular complexity index is 543. The molecule has 0 saturated heterocycles. The maximum absolute atomic E-state index is 12.8. The molecule has 0 radical (unpaired) electrons. The summed E-state index contributed by atoms with van der Waals surface area (Å²) in [6.07, 6.45) is 0.719. The Labute approximate surface area is 97.9 Å². The Morgan fingerprint density at radius 1 is 1.35 bits per heavy atom. The number of rotatable bonds is 3. The lowest BCUT2D eigenvalue weighted by molar-refractivity contribution is 0.0691. The third-order valence-corrected chi connectivity index (χ3v) is 2.64. The fourth-order valence-corrected chi connectivity index (χ4v) is 1.77. The molecule has 3 nitrogen and oxygen atoms in total. The predicted molar refractivity (Wildman–Crippen MR) is 62.5 cm³/mol. The summed E-state index contributed by atoms with van der Waals surface area (Å²) in [6, 6.07) is 7.59. The standard InChI is InChI=1S/C13H12FNO2/c1-2-8-7-11(13(16)17)15-12(8)9-3-5-10(14)6-4-9/h3-7,15H,2H2,1H3,(H,16,17). The van der Waals surface area contributed by atoms with Crippen LogP contribution in [0.2, 0.25) is 0 Å². The van der Waals surface area contributed by atoms with Gasteiger partial charge in [0.2, 0.25) is 0 Å². The fraction of sp³-hybridized carbons (Fsp3) is 0.154. The summed E-state index contributed by atoms with van der Waals surface area (Å²) >= 11 is 0. The summed E-state index contributed by atoms with van der Waals surface area (Å²) in [6.45, 7) is 1.95. The number of halogens is 1. The van der Waals surface area contributed by atoms with Crippen molar-refractivity contribution in [2.45, 2.75) is 13.3 Å². The number of carbonyl (C=O) groups is 1. The van der Waals surface area contributed by atoms with E-state index in [1.165, 1.54) is 12.1 Å². The minimum atomic E-state index is -0.993. The molecule has 0 aliphatic heterocycles. The zero-order valence-corrected chi connectivity index (χ0v) is 9.33. The minimum Gasteiger partial charge on any atom is -0.477 e. The molecule has 0 aliphatic carbocycles. The van der Waals surface area contributed by atoms with Crippen LogP contribution in [0.4, 0.5) is 4.39 Å². The summed E-state index contributed by atoms with van der Waals surface area (Å²) in [7, 11) is 0. The zero-order valence-electron chi connectivity index (χ0n) is 9.33. The van der Waals surface area contributed by atoms with Gasteiger partial charge in [0.25, 0.3) is 0 Å². The second-order valence-corrected chi connectivity index (χ2v) is 3.75. The van der Waals surface area contributed by atoms with Gasteiger partial charge in [0.15, 0.2) is 0 Å². The number of aromatic nitrogens is 1. The number of carboxylic acid groups (broad SMARTS) is 1. The van der Waals surface area contributed by atoms with Crippen LogP contribution in [0.25, 0.3) is 11.3 Å². The lowest BCUT2D eigenvalue weighted by atomic mass is 10.1. The van der Waals surface area contributed by atoms with Crippen LogP contribution in [0.5, 0.6) is 0 Å². The molecule has 0 amide bonds. The van der Waals surface area contributed by atoms with Gasteiger partial charge in [0, 0.05) is 5.69 Å². The second-order valence-electron chi connectivity index (χ2n) is 3.75. The van der Waals surface area contributed by atoms with Crippen molar-refractivity contribution in [1.29, 1.82) is 0 Å². The number of aryl methyl sites for hydroxylation is 1. The lowest BCUT2D eigenvalue weighted by Crippen LogP contribution is -1.95. The van der Waals surface area contributed by atoms with E-state index in [9.17, 15) is 9.18 Å². The summed E-state index contributed by atoms with van der Waals surface area (Å²) in [5.41, 5.74) is 2.59. The molecule has 4 heteroatoms. The molecule has 0 unspecified atom stereocenters. The second kappa shape index (κ2) is 4.41. The molecule has 0 bridgehead atoms. The summed E-state index contributed by atoms with van der Waals surface area (Å²) in [5.74, 6) is -1.30. The number of carboxylic acids is 1. The largest absolute Gasteiger partial charge is 0.477 e. The summed E-state index contributed by atoms with van der Waals surface area (Å²) < 4.78 is 12.8. The average molecular weight is 233 g/mol. The van der Waals surface area contributed by atoms with Gasteiger partial charge in [0.05, 0.1) is 0 Å². The first kappa shape index (κ1) is 11.4. The Hall–Kier alpha value is -2.10. The number of nitrogens with one attached hydrogen (secondary N) is 1. The van der Waals surface area contributed by atoms with Gasteiger partial charge in [-0.3, -0.25) is 0 Å². The number of hydrogen-bond donors (Lipinski definition) is 2. The molecular weight excluding hydrogens is 221 g/mol. The van der Waals surface area contributed by atoms with Crippen LogP contribution in [0.1, 0.15) is 23.0 Å². The first-order chi connectivity index (χ1) is 8.11. The predicted octanol–water partition coefficient (Wildman–Crippen LogP) is 3.08. The molecule has 0 saturated carbocycles. The van der Waals surface area contributed by atoms with Crippen LogP contribution >= 0.6 is 0 Å². The highest BCUT2D eigenvalue weighted by Gasteiger charge is 2.12. The smallest absolute Gasteiger partial charge is 0.352 e. The summed E-state index contributed by atoms with van der Waals surface area (Å²) in [4.78, 5) is 13.7. The van der Waals surface area contributed by atoms with E-state index < -0.39 is 5.97 Å². The van der Waals surface area contributed by atoms with Gasteiger partial charge in [-0.15, -0.1) is 0 Å². The van der Waals surface area contributed by atoms with E-state index in [0.717, 1.165) is 23.2 Å². The molecule has 88 valence electrons. The van der Waals surface area contributed by atoms with Gasteiger partial charge in [-0.1, -0.05) is 6.92 Å². The lowest BCUT2D eigenvalue weighted by Gasteiger charge is -2.01. The van der Waals surface area contributed by atoms with Crippen LogP contribution < -0.4 is 0 Å². The van der Waals surface area contributed by atoms with Crippen molar-refractivity contribution in [1.82, 2.24) is 4.98 Å². The molecule has 17 heavy (non-hydrogen) atoms. The van der Waals surface area contributed by atoms with Gasteiger partial charge >= 0.3 is 5.97 Å². The number of aromatic amines is 1. The van der Waals surface area contributed by atoms with Crippen LogP contribution in [-0.2, 0) is 6.42 Å². The van der Waals surface area contributed by atoms with E-state index in [2.05, 4.69) is 4.98 Å². The molecule has 0 atom stereocenters. The van der Waals surface area contributed by atoms with Crippen molar-refractivity contribution in [2.24, 2.45) is 0 Å². The molecule has 0 aliphatic rings. The van der Waals surface area contributed by atoms with Crippen molar-refractivity contribution < 1.29 is 14.3 Å². The van der Waals surface area contributed by atoms with E-state index in [0.29, 0.717) is 0 Å². The Balaban J connectivity index is 2.50. The summed E-state index contributed by atoms with van der Waals surface area (Å²) in [5, 5.41) is 8.92. The third-order valence-electron chi connectivity index (χ3n) is 2.64. The maximum Gasteiger partial charge on any atom is 0.352 e. The molecule has 2 N–H and O–H groups in total. The molecule has 1 aromatic carbocycles. The molecule has 2 rings (SSSR count). The number of H-pyrrole nitrogens is 1. The number of benzene rings is 1. The quantitative estimate of drug-likeness (QED) is 0.855. The average Bonchev–Trinajstić information content (AvgIpc) is 2.74. The molecular formula is C13H12FNO2. The Morgan fingerprint density at radius 2 is 2.00 bits per heavy atom. The Morgan fingerprint density at radius 3 is 2.53 bits per heavy atom. The van der Waals surface area contributed by atoms with Gasteiger partial charge in [0.1, 0.15) is 11.5 Å². The fourth-order valence-electron chi connectivity index (χ4n) is 1.77. The highest BCUT2D eigenvalue weighted by atomic mass is 19.1. The monoisotopic (exact) mass is 233 g/mol. The maximum atomic E-state index is 12.8. The van der Waals surface area contributed by atoms with Gasteiger partial charge in [-0.25, -0.2) is 9.18 Å². The first-order valence-electron chi connectivity index (χ1n) is 5.33. The van der Waals surface area contributed by atoms with Gasteiger partial charge in [-0.05, 0) is 47.9 Å². The molecule has 0 spiro atoms. The SMILES string of the molecule is CCc1cc(C(=O)O)[nH]c1-c1ccc(F)cc1. The van der Waals surface area contributed by atoms with Crippen molar-refractivity contribution in [2.75, 3.05) is 0 Å². The topological polar surface area (TPSA) is 53.1 Å². The van der Waals surface area contributed by atoms with Crippen LogP contribution in [-0.4, -0.2) is 16.1 Å². The number of hydrogen-bond acceptors (Lipinski definition) is 1. The first-order valence-corrected chi connectivity index (χ1v) is 5.33. The normalized spacial score (nSPS) is 10.5. The van der Waals surface area contributed by atoms with E-state index in [1.54, 1.807) is 18.2 Å². The Kier molecular flexibility index (Phi) is 2.95. The van der Waals surface area contributed by atoms with E-state index >= 15 is 0 Å². The van der Waals surface area contributed by atoms with Crippen molar-refractivity contribution in [3.05, 3.63) is 47.4 Å². The van der Waals surface area contributed by atoms with E-state index in [-0.39, 0.29) is 11.5 Å². The van der Waals surface area contributed by atoms with Crippen LogP contribution in [0.15, 0.2) is 30.3 Å².